The van der Waals surface area contributed by atoms with E-state index in [1.54, 1.807) is 0 Å². The van der Waals surface area contributed by atoms with Gasteiger partial charge in [-0.15, -0.1) is 5.10 Å². The second-order valence-electron chi connectivity index (χ2n) is 12.8. The van der Waals surface area contributed by atoms with Gasteiger partial charge in [-0.3, -0.25) is 4.68 Å². The Kier molecular flexibility index (Phi) is 7.44. The van der Waals surface area contributed by atoms with Crippen molar-refractivity contribution in [1.29, 1.82) is 0 Å². The van der Waals surface area contributed by atoms with Crippen molar-refractivity contribution in [1.82, 2.24) is 20.1 Å². The van der Waals surface area contributed by atoms with Gasteiger partial charge >= 0.3 is 0 Å². The minimum Gasteiger partial charge on any atom is -0.381 e. The molecule has 3 fully saturated rings. The second-order valence-corrected chi connectivity index (χ2v) is 12.8. The van der Waals surface area contributed by atoms with Crippen LogP contribution in [0.15, 0.2) is 42.6 Å². The maximum Gasteiger partial charge on any atom is 0.240 e. The average Bonchev–Trinajstić information content (AvgIpc) is 3.27. The highest BCUT2D eigenvalue weighted by Gasteiger charge is 2.38. The molecule has 0 spiro atoms. The summed E-state index contributed by atoms with van der Waals surface area (Å²) in [6.45, 7) is 13.9. The van der Waals surface area contributed by atoms with Gasteiger partial charge in [0.15, 0.2) is 0 Å². The second kappa shape index (κ2) is 10.9. The molecule has 0 bridgehead atoms. The zero-order valence-electron chi connectivity index (χ0n) is 24.3. The number of nitrogens with zero attached hydrogens (tertiary/aromatic N) is 4. The number of ether oxygens (including phenoxy) is 2. The largest absolute Gasteiger partial charge is 0.381 e. The zero-order chi connectivity index (χ0) is 27.9. The Morgan fingerprint density at radius 3 is 2.38 bits per heavy atom. The number of aromatic nitrogens is 3. The number of pyridine rings is 1. The molecule has 6 rings (SSSR count). The predicted molar refractivity (Wildman–Crippen MR) is 157 cm³/mol. The first kappa shape index (κ1) is 27.4. The summed E-state index contributed by atoms with van der Waals surface area (Å²) >= 11 is 0. The van der Waals surface area contributed by atoms with Crippen molar-refractivity contribution in [3.63, 3.8) is 0 Å². The van der Waals surface area contributed by atoms with Gasteiger partial charge in [-0.25, -0.2) is 4.98 Å². The highest BCUT2D eigenvalue weighted by Crippen LogP contribution is 2.41. The van der Waals surface area contributed by atoms with Crippen LogP contribution < -0.4 is 10.2 Å². The molecule has 7 nitrogen and oxygen atoms in total. The predicted octanol–water partition coefficient (Wildman–Crippen LogP) is 5.75. The molecular formula is C32H42FN5O2. The maximum atomic E-state index is 15.3. The lowest BCUT2D eigenvalue weighted by Gasteiger charge is -2.45. The van der Waals surface area contributed by atoms with Crippen molar-refractivity contribution in [3.8, 4) is 0 Å². The van der Waals surface area contributed by atoms with Crippen molar-refractivity contribution in [2.24, 2.45) is 5.92 Å². The van der Waals surface area contributed by atoms with E-state index >= 15 is 4.39 Å². The first-order chi connectivity index (χ1) is 19.2. The molecule has 0 aliphatic carbocycles. The summed E-state index contributed by atoms with van der Waals surface area (Å²) in [5, 5.41) is 8.31. The molecule has 3 aromatic rings. The summed E-state index contributed by atoms with van der Waals surface area (Å²) < 4.78 is 29.1. The Balaban J connectivity index is 1.40. The number of anilines is 1. The molecule has 0 saturated carbocycles. The summed E-state index contributed by atoms with van der Waals surface area (Å²) in [5.74, 6) is 0.896. The highest BCUT2D eigenvalue weighted by atomic mass is 19.1. The van der Waals surface area contributed by atoms with E-state index in [9.17, 15) is 0 Å². The quantitative estimate of drug-likeness (QED) is 0.439. The fourth-order valence-corrected chi connectivity index (χ4v) is 6.98. The molecule has 0 amide bonds. The van der Waals surface area contributed by atoms with Gasteiger partial charge in [-0.2, -0.15) is 4.39 Å². The number of benzene rings is 1. The van der Waals surface area contributed by atoms with Crippen LogP contribution in [0.4, 0.5) is 10.2 Å². The topological polar surface area (TPSA) is 64.4 Å². The maximum absolute atomic E-state index is 15.3. The van der Waals surface area contributed by atoms with E-state index in [4.69, 9.17) is 14.5 Å². The normalized spacial score (nSPS) is 22.6. The number of fused-ring (bicyclic) bond motifs is 1. The molecule has 0 atom stereocenters. The van der Waals surface area contributed by atoms with E-state index in [1.165, 1.54) is 0 Å². The molecule has 3 aliphatic rings. The van der Waals surface area contributed by atoms with Crippen LogP contribution in [0, 0.1) is 11.9 Å². The Morgan fingerprint density at radius 1 is 1.00 bits per heavy atom. The molecule has 5 heterocycles. The molecule has 40 heavy (non-hydrogen) atoms. The van der Waals surface area contributed by atoms with Gasteiger partial charge in [0.2, 0.25) is 5.95 Å². The standard InChI is InChI=1S/C32H42FN5O2/c1-31(2)19-22(20-32(3,4)40-31)17-26(24-6-8-29(35-21-24)37-13-11-34-12-14-37)23-5-7-28-27(18-23)30(33)36-38(28)25-9-15-39-16-10-25/h5-8,17-18,21-22,25,34H,9-16,19-20H2,1-4H3. The van der Waals surface area contributed by atoms with Gasteiger partial charge in [0, 0.05) is 51.2 Å². The van der Waals surface area contributed by atoms with Crippen LogP contribution in [0.1, 0.15) is 70.5 Å². The van der Waals surface area contributed by atoms with Gasteiger partial charge in [0.25, 0.3) is 0 Å². The van der Waals surface area contributed by atoms with Crippen molar-refractivity contribution >= 4 is 22.3 Å². The Hall–Kier alpha value is -2.81. The van der Waals surface area contributed by atoms with Crippen molar-refractivity contribution in [2.75, 3.05) is 44.3 Å². The van der Waals surface area contributed by atoms with E-state index in [1.807, 2.05) is 23.0 Å². The van der Waals surface area contributed by atoms with Gasteiger partial charge in [0.05, 0.1) is 28.1 Å². The molecule has 1 N–H and O–H groups in total. The Morgan fingerprint density at radius 2 is 1.70 bits per heavy atom. The number of hydrogen-bond donors (Lipinski definition) is 1. The highest BCUT2D eigenvalue weighted by molar-refractivity contribution is 5.88. The molecule has 3 saturated heterocycles. The third-order valence-corrected chi connectivity index (χ3v) is 8.47. The first-order valence-corrected chi connectivity index (χ1v) is 14.8. The number of allylic oxidation sites excluding steroid dienone is 1. The van der Waals surface area contributed by atoms with Crippen LogP contribution in [0.3, 0.4) is 0 Å². The molecule has 214 valence electrons. The molecule has 3 aliphatic heterocycles. The van der Waals surface area contributed by atoms with Crippen LogP contribution in [0.25, 0.3) is 16.5 Å². The lowest BCUT2D eigenvalue weighted by molar-refractivity contribution is -0.166. The minimum atomic E-state index is -0.414. The number of hydrogen-bond acceptors (Lipinski definition) is 6. The Bertz CT molecular complexity index is 1350. The summed E-state index contributed by atoms with van der Waals surface area (Å²) in [7, 11) is 0. The number of piperazine rings is 1. The van der Waals surface area contributed by atoms with Crippen LogP contribution in [0.2, 0.25) is 0 Å². The van der Waals surface area contributed by atoms with Crippen LogP contribution in [-0.4, -0.2) is 65.4 Å². The van der Waals surface area contributed by atoms with Crippen LogP contribution >= 0.6 is 0 Å². The summed E-state index contributed by atoms with van der Waals surface area (Å²) in [6, 6.07) is 10.6. The van der Waals surface area contributed by atoms with E-state index in [0.29, 0.717) is 24.5 Å². The third kappa shape index (κ3) is 5.80. The fraction of sp³-hybridized carbons (Fsp3) is 0.562. The molecular weight excluding hydrogens is 505 g/mol. The van der Waals surface area contributed by atoms with E-state index in [2.05, 4.69) is 67.3 Å². The fourth-order valence-electron chi connectivity index (χ4n) is 6.98. The van der Waals surface area contributed by atoms with Crippen molar-refractivity contribution in [2.45, 2.75) is 70.6 Å². The monoisotopic (exact) mass is 547 g/mol. The van der Waals surface area contributed by atoms with Crippen molar-refractivity contribution in [3.05, 3.63) is 59.7 Å². The number of rotatable bonds is 5. The summed E-state index contributed by atoms with van der Waals surface area (Å²) in [4.78, 5) is 7.19. The van der Waals surface area contributed by atoms with Gasteiger partial charge in [-0.1, -0.05) is 12.1 Å². The first-order valence-electron chi connectivity index (χ1n) is 14.8. The smallest absolute Gasteiger partial charge is 0.240 e. The molecule has 0 unspecified atom stereocenters. The SMILES string of the molecule is CC1(C)CC(C=C(c2ccc(N3CCNCC3)nc2)c2ccc3c(c2)c(F)nn3C2CCOCC2)CC(C)(C)O1. The summed E-state index contributed by atoms with van der Waals surface area (Å²) in [5.41, 5.74) is 3.50. The van der Waals surface area contributed by atoms with E-state index < -0.39 is 5.95 Å². The lowest BCUT2D eigenvalue weighted by Crippen LogP contribution is -2.44. The van der Waals surface area contributed by atoms with Crippen LogP contribution in [-0.2, 0) is 9.47 Å². The summed E-state index contributed by atoms with van der Waals surface area (Å²) in [6.07, 6.45) is 7.89. The number of halogens is 1. The van der Waals surface area contributed by atoms with Gasteiger partial charge in [-0.05, 0) is 94.7 Å². The molecule has 0 radical (unpaired) electrons. The average molecular weight is 548 g/mol. The van der Waals surface area contributed by atoms with Gasteiger partial charge in [0.1, 0.15) is 5.82 Å². The van der Waals surface area contributed by atoms with E-state index in [-0.39, 0.29) is 17.2 Å². The third-order valence-electron chi connectivity index (χ3n) is 8.47. The van der Waals surface area contributed by atoms with Gasteiger partial charge < -0.3 is 19.7 Å². The van der Waals surface area contributed by atoms with Crippen LogP contribution in [0.5, 0.6) is 0 Å². The molecule has 8 heteroatoms. The zero-order valence-corrected chi connectivity index (χ0v) is 24.3. The van der Waals surface area contributed by atoms with E-state index in [0.717, 1.165) is 79.9 Å². The minimum absolute atomic E-state index is 0.162. The number of nitrogens with one attached hydrogen (secondary N) is 1. The molecule has 1 aromatic carbocycles. The molecule has 2 aromatic heterocycles. The van der Waals surface area contributed by atoms with Crippen molar-refractivity contribution < 1.29 is 13.9 Å². The Labute approximate surface area is 236 Å². The lowest BCUT2D eigenvalue weighted by atomic mass is 9.79.